The quantitative estimate of drug-likeness (QED) is 0.893. The SMILES string of the molecule is CCc1sc(C(=O)N[C@H](C(=O)O)C(C)(C)C)cc1C. The molecule has 0 spiro atoms. The third-order valence-corrected chi connectivity index (χ3v) is 4.33. The van der Waals surface area contributed by atoms with Crippen molar-refractivity contribution >= 4 is 23.2 Å². The highest BCUT2D eigenvalue weighted by molar-refractivity contribution is 7.14. The first-order valence-corrected chi connectivity index (χ1v) is 7.11. The lowest BCUT2D eigenvalue weighted by molar-refractivity contribution is -0.142. The van der Waals surface area contributed by atoms with Gasteiger partial charge in [-0.05, 0) is 30.4 Å². The van der Waals surface area contributed by atoms with Gasteiger partial charge in [0.1, 0.15) is 6.04 Å². The molecule has 0 radical (unpaired) electrons. The zero-order valence-electron chi connectivity index (χ0n) is 12.0. The van der Waals surface area contributed by atoms with E-state index in [0.717, 1.165) is 16.9 Å². The Morgan fingerprint density at radius 3 is 2.37 bits per heavy atom. The van der Waals surface area contributed by atoms with E-state index < -0.39 is 17.4 Å². The molecule has 5 heteroatoms. The Balaban J connectivity index is 2.91. The minimum absolute atomic E-state index is 0.310. The van der Waals surface area contributed by atoms with Gasteiger partial charge in [-0.25, -0.2) is 4.79 Å². The van der Waals surface area contributed by atoms with Crippen LogP contribution in [-0.4, -0.2) is 23.0 Å². The summed E-state index contributed by atoms with van der Waals surface area (Å²) in [5, 5.41) is 11.8. The number of carboxylic acid groups (broad SMARTS) is 1. The zero-order valence-corrected chi connectivity index (χ0v) is 12.9. The molecule has 0 aliphatic heterocycles. The number of hydrogen-bond donors (Lipinski definition) is 2. The number of hydrogen-bond acceptors (Lipinski definition) is 3. The Labute approximate surface area is 117 Å². The molecule has 0 saturated heterocycles. The van der Waals surface area contributed by atoms with Crippen LogP contribution >= 0.6 is 11.3 Å². The van der Waals surface area contributed by atoms with Gasteiger partial charge in [0, 0.05) is 4.88 Å². The summed E-state index contributed by atoms with van der Waals surface area (Å²) in [7, 11) is 0. The van der Waals surface area contributed by atoms with E-state index in [9.17, 15) is 14.7 Å². The van der Waals surface area contributed by atoms with Gasteiger partial charge < -0.3 is 10.4 Å². The van der Waals surface area contributed by atoms with Gasteiger partial charge in [0.25, 0.3) is 5.91 Å². The number of amides is 1. The first kappa shape index (κ1) is 15.7. The molecule has 0 bridgehead atoms. The van der Waals surface area contributed by atoms with Crippen LogP contribution in [0.15, 0.2) is 6.07 Å². The van der Waals surface area contributed by atoms with E-state index in [1.54, 1.807) is 20.8 Å². The molecule has 1 aromatic rings. The smallest absolute Gasteiger partial charge is 0.326 e. The Morgan fingerprint density at radius 1 is 1.42 bits per heavy atom. The van der Waals surface area contributed by atoms with Crippen molar-refractivity contribution in [3.8, 4) is 0 Å². The molecule has 1 amide bonds. The van der Waals surface area contributed by atoms with Crippen molar-refractivity contribution < 1.29 is 14.7 Å². The molecule has 0 aliphatic carbocycles. The van der Waals surface area contributed by atoms with E-state index in [2.05, 4.69) is 5.32 Å². The van der Waals surface area contributed by atoms with Crippen LogP contribution in [0.1, 0.15) is 47.8 Å². The molecule has 0 fully saturated rings. The van der Waals surface area contributed by atoms with Gasteiger partial charge in [0.05, 0.1) is 4.88 Å². The molecule has 1 atom stereocenters. The average Bonchev–Trinajstić information content (AvgIpc) is 2.65. The van der Waals surface area contributed by atoms with Gasteiger partial charge in [-0.2, -0.15) is 0 Å². The van der Waals surface area contributed by atoms with Gasteiger partial charge >= 0.3 is 5.97 Å². The Bertz CT molecular complexity index is 485. The van der Waals surface area contributed by atoms with E-state index in [0.29, 0.717) is 4.88 Å². The Kier molecular flexibility index (Phi) is 4.74. The molecule has 1 heterocycles. The fourth-order valence-corrected chi connectivity index (χ4v) is 2.85. The van der Waals surface area contributed by atoms with Crippen molar-refractivity contribution in [2.75, 3.05) is 0 Å². The van der Waals surface area contributed by atoms with Crippen LogP contribution < -0.4 is 5.32 Å². The van der Waals surface area contributed by atoms with Gasteiger partial charge in [-0.1, -0.05) is 27.7 Å². The first-order valence-electron chi connectivity index (χ1n) is 6.29. The third kappa shape index (κ3) is 3.80. The van der Waals surface area contributed by atoms with Crippen LogP contribution in [0.3, 0.4) is 0 Å². The van der Waals surface area contributed by atoms with E-state index in [-0.39, 0.29) is 5.91 Å². The number of aryl methyl sites for hydroxylation is 2. The van der Waals surface area contributed by atoms with Crippen molar-refractivity contribution in [2.45, 2.75) is 47.1 Å². The number of nitrogens with one attached hydrogen (secondary N) is 1. The van der Waals surface area contributed by atoms with Crippen LogP contribution in [0.4, 0.5) is 0 Å². The van der Waals surface area contributed by atoms with Gasteiger partial charge in [-0.15, -0.1) is 11.3 Å². The molecule has 1 rings (SSSR count). The molecule has 0 aliphatic rings. The van der Waals surface area contributed by atoms with Crippen LogP contribution in [0, 0.1) is 12.3 Å². The predicted molar refractivity (Wildman–Crippen MR) is 76.8 cm³/mol. The van der Waals surface area contributed by atoms with E-state index >= 15 is 0 Å². The van der Waals surface area contributed by atoms with Gasteiger partial charge in [0.2, 0.25) is 0 Å². The van der Waals surface area contributed by atoms with Crippen molar-refractivity contribution in [1.29, 1.82) is 0 Å². The highest BCUT2D eigenvalue weighted by Gasteiger charge is 2.33. The first-order chi connectivity index (χ1) is 8.66. The Morgan fingerprint density at radius 2 is 2.00 bits per heavy atom. The van der Waals surface area contributed by atoms with Crippen molar-refractivity contribution in [1.82, 2.24) is 5.32 Å². The third-order valence-electron chi connectivity index (χ3n) is 2.95. The van der Waals surface area contributed by atoms with E-state index in [1.165, 1.54) is 11.3 Å². The summed E-state index contributed by atoms with van der Waals surface area (Å²) in [6.07, 6.45) is 0.880. The molecule has 106 valence electrons. The molecule has 1 aromatic heterocycles. The highest BCUT2D eigenvalue weighted by atomic mass is 32.1. The van der Waals surface area contributed by atoms with Gasteiger partial charge in [0.15, 0.2) is 0 Å². The predicted octanol–water partition coefficient (Wildman–Crippen LogP) is 2.85. The molecule has 2 N–H and O–H groups in total. The molecule has 0 aromatic carbocycles. The lowest BCUT2D eigenvalue weighted by Crippen LogP contribution is -2.48. The maximum absolute atomic E-state index is 12.1. The molecule has 19 heavy (non-hydrogen) atoms. The molecule has 0 saturated carbocycles. The summed E-state index contributed by atoms with van der Waals surface area (Å²) in [5.74, 6) is -1.32. The molecule has 0 unspecified atom stereocenters. The number of thiophene rings is 1. The summed E-state index contributed by atoms with van der Waals surface area (Å²) in [4.78, 5) is 25.1. The van der Waals surface area contributed by atoms with E-state index in [1.807, 2.05) is 19.9 Å². The lowest BCUT2D eigenvalue weighted by atomic mass is 9.87. The van der Waals surface area contributed by atoms with Crippen LogP contribution in [0.25, 0.3) is 0 Å². The zero-order chi connectivity index (χ0) is 14.8. The minimum atomic E-state index is -1.01. The number of carboxylic acids is 1. The van der Waals surface area contributed by atoms with Gasteiger partial charge in [-0.3, -0.25) is 4.79 Å². The van der Waals surface area contributed by atoms with Crippen LogP contribution in [0.5, 0.6) is 0 Å². The van der Waals surface area contributed by atoms with E-state index in [4.69, 9.17) is 0 Å². The number of carbonyl (C=O) groups excluding carboxylic acids is 1. The number of rotatable bonds is 4. The second-order valence-corrected chi connectivity index (χ2v) is 6.82. The molecule has 4 nitrogen and oxygen atoms in total. The monoisotopic (exact) mass is 283 g/mol. The highest BCUT2D eigenvalue weighted by Crippen LogP contribution is 2.24. The Hall–Kier alpha value is -1.36. The maximum Gasteiger partial charge on any atom is 0.326 e. The largest absolute Gasteiger partial charge is 0.480 e. The maximum atomic E-state index is 12.1. The van der Waals surface area contributed by atoms with Crippen molar-refractivity contribution in [3.63, 3.8) is 0 Å². The summed E-state index contributed by atoms with van der Waals surface area (Å²) in [6, 6.07) is 0.924. The van der Waals surface area contributed by atoms with Crippen LogP contribution in [-0.2, 0) is 11.2 Å². The summed E-state index contributed by atoms with van der Waals surface area (Å²) < 4.78 is 0. The number of aliphatic carboxylic acids is 1. The number of carbonyl (C=O) groups is 2. The van der Waals surface area contributed by atoms with Crippen molar-refractivity contribution in [2.24, 2.45) is 5.41 Å². The topological polar surface area (TPSA) is 66.4 Å². The minimum Gasteiger partial charge on any atom is -0.480 e. The summed E-state index contributed by atoms with van der Waals surface area (Å²) >= 11 is 1.43. The summed E-state index contributed by atoms with van der Waals surface area (Å²) in [5.41, 5.74) is 0.557. The fraction of sp³-hybridized carbons (Fsp3) is 0.571. The lowest BCUT2D eigenvalue weighted by Gasteiger charge is -2.27. The van der Waals surface area contributed by atoms with Crippen LogP contribution in [0.2, 0.25) is 0 Å². The normalized spacial score (nSPS) is 13.1. The van der Waals surface area contributed by atoms with Crippen molar-refractivity contribution in [3.05, 3.63) is 21.4 Å². The molecular formula is C14H21NO3S. The summed E-state index contributed by atoms with van der Waals surface area (Å²) in [6.45, 7) is 9.38. The fourth-order valence-electron chi connectivity index (χ4n) is 1.83. The second kappa shape index (κ2) is 5.74. The second-order valence-electron chi connectivity index (χ2n) is 5.68. The standard InChI is InChI=1S/C14H21NO3S/c1-6-9-8(2)7-10(19-9)12(16)15-11(13(17)18)14(3,4)5/h7,11H,6H2,1-5H3,(H,15,16)(H,17,18)/t11-/m1/s1. The molecular weight excluding hydrogens is 262 g/mol. The average molecular weight is 283 g/mol.